The first-order valence-electron chi connectivity index (χ1n) is 5.98. The van der Waals surface area contributed by atoms with Gasteiger partial charge in [-0.05, 0) is 38.5 Å². The molecule has 0 unspecified atom stereocenters. The molecule has 0 heterocycles. The molecule has 18 heavy (non-hydrogen) atoms. The fraction of sp³-hybridized carbons (Fsp3) is 0.429. The van der Waals surface area contributed by atoms with Crippen LogP contribution >= 0.6 is 0 Å². The van der Waals surface area contributed by atoms with Crippen LogP contribution in [0.5, 0.6) is 0 Å². The van der Waals surface area contributed by atoms with Gasteiger partial charge in [-0.15, -0.1) is 0 Å². The number of nitrogens with zero attached hydrogens (tertiary/aromatic N) is 1. The Morgan fingerprint density at radius 3 is 2.28 bits per heavy atom. The van der Waals surface area contributed by atoms with E-state index in [1.807, 2.05) is 13.8 Å². The Labute approximate surface area is 107 Å². The molecule has 0 aliphatic rings. The molecule has 1 rings (SSSR count). The number of aliphatic imine (C=N–C) groups is 1. The average molecular weight is 251 g/mol. The van der Waals surface area contributed by atoms with E-state index in [4.69, 9.17) is 4.74 Å². The van der Waals surface area contributed by atoms with Crippen LogP contribution in [0.1, 0.15) is 36.7 Å². The molecule has 1 aromatic rings. The highest BCUT2D eigenvalue weighted by atomic mass is 19.1. The van der Waals surface area contributed by atoms with Crippen LogP contribution in [0.25, 0.3) is 0 Å². The van der Waals surface area contributed by atoms with Crippen molar-refractivity contribution in [2.24, 2.45) is 4.99 Å². The number of rotatable bonds is 5. The number of carbonyl (C=O) groups excluding carboxylic acids is 1. The van der Waals surface area contributed by atoms with E-state index in [1.54, 1.807) is 31.2 Å². The quantitative estimate of drug-likeness (QED) is 0.596. The minimum atomic E-state index is -0.614. The van der Waals surface area contributed by atoms with Gasteiger partial charge in [0.15, 0.2) is 0 Å². The highest BCUT2D eigenvalue weighted by Crippen LogP contribution is 2.09. The van der Waals surface area contributed by atoms with Gasteiger partial charge >= 0.3 is 5.97 Å². The lowest BCUT2D eigenvalue weighted by molar-refractivity contribution is 0.0526. The van der Waals surface area contributed by atoms with Crippen molar-refractivity contribution in [1.82, 2.24) is 0 Å². The van der Waals surface area contributed by atoms with Crippen molar-refractivity contribution in [3.8, 4) is 0 Å². The van der Waals surface area contributed by atoms with Crippen molar-refractivity contribution < 1.29 is 13.9 Å². The zero-order valence-electron chi connectivity index (χ0n) is 10.9. The maximum atomic E-state index is 12.9. The summed E-state index contributed by atoms with van der Waals surface area (Å²) in [5, 5.41) is 0. The van der Waals surface area contributed by atoms with E-state index in [0.29, 0.717) is 23.4 Å². The van der Waals surface area contributed by atoms with Crippen LogP contribution in [0, 0.1) is 0 Å². The molecular weight excluding hydrogens is 233 g/mol. The second-order valence-electron chi connectivity index (χ2n) is 4.10. The highest BCUT2D eigenvalue weighted by Gasteiger charge is 2.08. The second-order valence-corrected chi connectivity index (χ2v) is 4.10. The Hall–Kier alpha value is -1.71. The molecule has 0 saturated carbocycles. The van der Waals surface area contributed by atoms with Gasteiger partial charge in [0.2, 0.25) is 0 Å². The van der Waals surface area contributed by atoms with Gasteiger partial charge in [0.1, 0.15) is 6.67 Å². The molecule has 0 spiro atoms. The van der Waals surface area contributed by atoms with Crippen LogP contribution in [0.15, 0.2) is 29.3 Å². The number of hydrogen-bond acceptors (Lipinski definition) is 3. The molecule has 3 nitrogen and oxygen atoms in total. The number of carbonyl (C=O) groups is 1. The van der Waals surface area contributed by atoms with Gasteiger partial charge in [-0.2, -0.15) is 0 Å². The maximum Gasteiger partial charge on any atom is 0.338 e. The molecule has 0 amide bonds. The largest absolute Gasteiger partial charge is 0.462 e. The third kappa shape index (κ3) is 3.95. The maximum absolute atomic E-state index is 12.9. The Morgan fingerprint density at radius 2 is 1.83 bits per heavy atom. The number of esters is 1. The predicted molar refractivity (Wildman–Crippen MR) is 70.0 cm³/mol. The molecule has 0 saturated heterocycles. The second kappa shape index (κ2) is 6.89. The monoisotopic (exact) mass is 251 g/mol. The van der Waals surface area contributed by atoms with Crippen molar-refractivity contribution in [2.75, 3.05) is 13.3 Å². The number of benzene rings is 1. The fourth-order valence-corrected chi connectivity index (χ4v) is 1.51. The third-order valence-corrected chi connectivity index (χ3v) is 2.27. The Kier molecular flexibility index (Phi) is 5.49. The van der Waals surface area contributed by atoms with Crippen LogP contribution in [0.2, 0.25) is 0 Å². The van der Waals surface area contributed by atoms with E-state index in [-0.39, 0.29) is 12.0 Å². The Balaban J connectivity index is 2.91. The van der Waals surface area contributed by atoms with Gasteiger partial charge in [0.05, 0.1) is 17.9 Å². The summed E-state index contributed by atoms with van der Waals surface area (Å²) in [7, 11) is 0. The zero-order chi connectivity index (χ0) is 13.5. The molecule has 98 valence electrons. The molecule has 1 aromatic carbocycles. The summed E-state index contributed by atoms with van der Waals surface area (Å²) in [5.74, 6) is -0.369. The molecule has 0 aliphatic carbocycles. The molecular formula is C14H18FNO2. The number of halogens is 1. The number of alkyl halides is 1. The molecule has 0 aromatic heterocycles. The standard InChI is InChI=1S/C14H18FNO2/c1-4-18-14(17)12-7-5-11(6-8-12)13(9-15)16-10(2)3/h5-8,10H,4,9H2,1-3H3/b16-13+. The van der Waals surface area contributed by atoms with E-state index in [1.165, 1.54) is 0 Å². The van der Waals surface area contributed by atoms with E-state index >= 15 is 0 Å². The first-order valence-corrected chi connectivity index (χ1v) is 5.98. The molecule has 0 fully saturated rings. The van der Waals surface area contributed by atoms with Crippen molar-refractivity contribution in [2.45, 2.75) is 26.8 Å². The molecule has 0 aliphatic heterocycles. The summed E-state index contributed by atoms with van der Waals surface area (Å²) >= 11 is 0. The lowest BCUT2D eigenvalue weighted by Crippen LogP contribution is -2.09. The lowest BCUT2D eigenvalue weighted by Gasteiger charge is -2.06. The van der Waals surface area contributed by atoms with Crippen LogP contribution in [0.4, 0.5) is 4.39 Å². The molecule has 0 radical (unpaired) electrons. The summed E-state index contributed by atoms with van der Waals surface area (Å²) in [6, 6.07) is 6.66. The lowest BCUT2D eigenvalue weighted by atomic mass is 10.1. The normalized spacial score (nSPS) is 11.7. The smallest absolute Gasteiger partial charge is 0.338 e. The number of ether oxygens (including phenoxy) is 1. The topological polar surface area (TPSA) is 38.7 Å². The van der Waals surface area contributed by atoms with Crippen LogP contribution < -0.4 is 0 Å². The van der Waals surface area contributed by atoms with E-state index < -0.39 is 6.67 Å². The SMILES string of the molecule is CCOC(=O)c1ccc(/C(CF)=N/C(C)C)cc1. The summed E-state index contributed by atoms with van der Waals surface area (Å²) in [6.45, 7) is 5.26. The first kappa shape index (κ1) is 14.4. The molecule has 0 atom stereocenters. The summed E-state index contributed by atoms with van der Waals surface area (Å²) in [4.78, 5) is 15.6. The first-order chi connectivity index (χ1) is 8.58. The van der Waals surface area contributed by atoms with Gasteiger partial charge < -0.3 is 4.74 Å². The average Bonchev–Trinajstić information content (AvgIpc) is 2.36. The minimum Gasteiger partial charge on any atom is -0.462 e. The summed E-state index contributed by atoms with van der Waals surface area (Å²) in [5.41, 5.74) is 1.56. The summed E-state index contributed by atoms with van der Waals surface area (Å²) < 4.78 is 17.7. The van der Waals surface area contributed by atoms with Crippen molar-refractivity contribution in [1.29, 1.82) is 0 Å². The van der Waals surface area contributed by atoms with E-state index in [0.717, 1.165) is 0 Å². The molecule has 0 N–H and O–H groups in total. The van der Waals surface area contributed by atoms with Gasteiger partial charge in [-0.1, -0.05) is 12.1 Å². The number of hydrogen-bond donors (Lipinski definition) is 0. The van der Waals surface area contributed by atoms with Crippen molar-refractivity contribution in [3.63, 3.8) is 0 Å². The molecule has 0 bridgehead atoms. The van der Waals surface area contributed by atoms with Gasteiger partial charge in [0, 0.05) is 6.04 Å². The van der Waals surface area contributed by atoms with Gasteiger partial charge in [0.25, 0.3) is 0 Å². The summed E-state index contributed by atoms with van der Waals surface area (Å²) in [6.07, 6.45) is 0. The van der Waals surface area contributed by atoms with Crippen molar-refractivity contribution in [3.05, 3.63) is 35.4 Å². The van der Waals surface area contributed by atoms with Crippen LogP contribution in [-0.4, -0.2) is 31.0 Å². The van der Waals surface area contributed by atoms with E-state index in [2.05, 4.69) is 4.99 Å². The van der Waals surface area contributed by atoms with Crippen LogP contribution in [-0.2, 0) is 4.74 Å². The van der Waals surface area contributed by atoms with Gasteiger partial charge in [-0.25, -0.2) is 9.18 Å². The van der Waals surface area contributed by atoms with Gasteiger partial charge in [-0.3, -0.25) is 4.99 Å². The van der Waals surface area contributed by atoms with E-state index in [9.17, 15) is 9.18 Å². The third-order valence-electron chi connectivity index (χ3n) is 2.27. The Morgan fingerprint density at radius 1 is 1.28 bits per heavy atom. The van der Waals surface area contributed by atoms with Crippen molar-refractivity contribution >= 4 is 11.7 Å². The highest BCUT2D eigenvalue weighted by molar-refractivity contribution is 6.02. The molecule has 4 heteroatoms. The fourth-order valence-electron chi connectivity index (χ4n) is 1.51. The predicted octanol–water partition coefficient (Wildman–Crippen LogP) is 3.03. The minimum absolute atomic E-state index is 0.0421. The van der Waals surface area contributed by atoms with Crippen LogP contribution in [0.3, 0.4) is 0 Å². The Bertz CT molecular complexity index is 424. The zero-order valence-corrected chi connectivity index (χ0v) is 10.9.